The number of aryl methyl sites for hydroxylation is 1. The molecular formula is C30H43N3O4. The Morgan fingerprint density at radius 2 is 1.89 bits per heavy atom. The molecule has 3 rings (SSSR count). The van der Waals surface area contributed by atoms with Crippen molar-refractivity contribution in [3.8, 4) is 23.3 Å². The van der Waals surface area contributed by atoms with Crippen LogP contribution in [0.25, 0.3) is 0 Å². The van der Waals surface area contributed by atoms with Gasteiger partial charge in [-0.2, -0.15) is 5.26 Å². The van der Waals surface area contributed by atoms with Crippen LogP contribution in [0, 0.1) is 18.3 Å². The first-order valence-corrected chi connectivity index (χ1v) is 13.3. The van der Waals surface area contributed by atoms with Crippen LogP contribution in [0.5, 0.6) is 17.2 Å². The van der Waals surface area contributed by atoms with Crippen LogP contribution in [0.4, 0.5) is 0 Å². The van der Waals surface area contributed by atoms with Gasteiger partial charge in [-0.25, -0.2) is 0 Å². The number of methoxy groups -OCH3 is 2. The summed E-state index contributed by atoms with van der Waals surface area (Å²) in [5, 5.41) is 10.3. The van der Waals surface area contributed by atoms with Gasteiger partial charge in [0.1, 0.15) is 5.75 Å². The van der Waals surface area contributed by atoms with Crippen molar-refractivity contribution in [2.45, 2.75) is 84.0 Å². The molecule has 0 radical (unpaired) electrons. The number of pyridine rings is 1. The molecule has 7 heteroatoms. The number of fused-ring (bicyclic) bond motifs is 1. The number of aromatic nitrogens is 1. The van der Waals surface area contributed by atoms with Crippen LogP contribution >= 0.6 is 0 Å². The summed E-state index contributed by atoms with van der Waals surface area (Å²) in [6, 6.07) is 8.75. The van der Waals surface area contributed by atoms with Crippen molar-refractivity contribution in [1.82, 2.24) is 9.88 Å². The molecule has 7 nitrogen and oxygen atoms in total. The van der Waals surface area contributed by atoms with Crippen molar-refractivity contribution in [1.29, 1.82) is 5.26 Å². The number of benzene rings is 1. The summed E-state index contributed by atoms with van der Waals surface area (Å²) in [4.78, 5) is 6.97. The number of nitrogens with zero attached hydrogens (tertiary/aromatic N) is 3. The Balaban J connectivity index is 1.53. The van der Waals surface area contributed by atoms with Gasteiger partial charge in [-0.3, -0.25) is 4.98 Å². The molecule has 0 aliphatic carbocycles. The molecular weight excluding hydrogens is 466 g/mol. The van der Waals surface area contributed by atoms with Crippen molar-refractivity contribution < 1.29 is 18.9 Å². The van der Waals surface area contributed by atoms with E-state index in [9.17, 15) is 5.26 Å². The molecule has 0 spiro atoms. The van der Waals surface area contributed by atoms with Gasteiger partial charge in [0.15, 0.2) is 11.5 Å². The highest BCUT2D eigenvalue weighted by molar-refractivity contribution is 5.48. The highest BCUT2D eigenvalue weighted by atomic mass is 16.7. The third-order valence-corrected chi connectivity index (χ3v) is 7.43. The molecule has 1 aliphatic rings. The number of nitriles is 1. The van der Waals surface area contributed by atoms with Crippen LogP contribution in [0.2, 0.25) is 0 Å². The Morgan fingerprint density at radius 3 is 2.57 bits per heavy atom. The molecule has 202 valence electrons. The molecule has 0 N–H and O–H groups in total. The average Bonchev–Trinajstić information content (AvgIpc) is 2.90. The maximum absolute atomic E-state index is 10.3. The number of hydrogen-bond donors (Lipinski definition) is 0. The Hall–Kier alpha value is -2.82. The maximum Gasteiger partial charge on any atom is 0.205 e. The van der Waals surface area contributed by atoms with E-state index in [-0.39, 0.29) is 0 Å². The number of likely N-dealkylation sites (N-methyl/N-ethyl adjacent to an activating group) is 1. The summed E-state index contributed by atoms with van der Waals surface area (Å²) in [5.41, 5.74) is 3.43. The second kappa shape index (κ2) is 12.6. The Bertz CT molecular complexity index is 1090. The fourth-order valence-electron chi connectivity index (χ4n) is 5.00. The lowest BCUT2D eigenvalue weighted by atomic mass is 9.74. The van der Waals surface area contributed by atoms with Crippen molar-refractivity contribution in [3.63, 3.8) is 0 Å². The Morgan fingerprint density at radius 1 is 1.14 bits per heavy atom. The number of ether oxygens (including phenoxy) is 4. The second-order valence-corrected chi connectivity index (χ2v) is 10.5. The van der Waals surface area contributed by atoms with E-state index >= 15 is 0 Å². The Kier molecular flexibility index (Phi) is 9.80. The standard InChI is InChI=1S/C30H43N3O4/c1-8-30(21-31,25-19-32-22(2)28-24(25)20-36-29(3,4)37-28)15-10-9-11-16-33(5)17-14-23-12-13-26(34-6)27(18-23)35-7/h12-13,18-19H,8-11,14-17,20H2,1-7H3. The van der Waals surface area contributed by atoms with Crippen molar-refractivity contribution in [2.75, 3.05) is 34.4 Å². The van der Waals surface area contributed by atoms with Crippen molar-refractivity contribution >= 4 is 0 Å². The van der Waals surface area contributed by atoms with Crippen LogP contribution in [-0.4, -0.2) is 50.0 Å². The van der Waals surface area contributed by atoms with E-state index in [4.69, 9.17) is 18.9 Å². The minimum Gasteiger partial charge on any atom is -0.493 e. The lowest BCUT2D eigenvalue weighted by Crippen LogP contribution is -2.37. The molecule has 0 amide bonds. The molecule has 0 saturated carbocycles. The SMILES string of the molecule is CCC(C#N)(CCCCCN(C)CCc1ccc(OC)c(OC)c1)c1cnc(C)c2c1COC(C)(C)O2. The topological polar surface area (TPSA) is 76.8 Å². The average molecular weight is 510 g/mol. The third kappa shape index (κ3) is 6.94. The monoisotopic (exact) mass is 509 g/mol. The van der Waals surface area contributed by atoms with Gasteiger partial charge in [0.2, 0.25) is 5.79 Å². The van der Waals surface area contributed by atoms with E-state index in [0.717, 1.165) is 85.7 Å². The van der Waals surface area contributed by atoms with Gasteiger partial charge in [0.25, 0.3) is 0 Å². The van der Waals surface area contributed by atoms with Gasteiger partial charge in [0, 0.05) is 32.2 Å². The van der Waals surface area contributed by atoms with Gasteiger partial charge < -0.3 is 23.8 Å². The zero-order valence-corrected chi connectivity index (χ0v) is 23.6. The summed E-state index contributed by atoms with van der Waals surface area (Å²) in [6.45, 7) is 10.3. The first kappa shape index (κ1) is 28.7. The molecule has 0 saturated heterocycles. The van der Waals surface area contributed by atoms with Gasteiger partial charge in [-0.1, -0.05) is 25.8 Å². The minimum absolute atomic E-state index is 0.440. The summed E-state index contributed by atoms with van der Waals surface area (Å²) >= 11 is 0. The van der Waals surface area contributed by atoms with Crippen molar-refractivity contribution in [2.24, 2.45) is 0 Å². The fourth-order valence-corrected chi connectivity index (χ4v) is 5.00. The predicted molar refractivity (Wildman–Crippen MR) is 145 cm³/mol. The van der Waals surface area contributed by atoms with Gasteiger partial charge in [0.05, 0.1) is 38.0 Å². The van der Waals surface area contributed by atoms with Crippen LogP contribution in [0.3, 0.4) is 0 Å². The van der Waals surface area contributed by atoms with Crippen LogP contribution in [0.15, 0.2) is 24.4 Å². The molecule has 1 aliphatic heterocycles. The van der Waals surface area contributed by atoms with Crippen LogP contribution in [0.1, 0.15) is 75.3 Å². The highest BCUT2D eigenvalue weighted by Crippen LogP contribution is 2.42. The van der Waals surface area contributed by atoms with Gasteiger partial charge in [-0.05, 0) is 69.5 Å². The van der Waals surface area contributed by atoms with E-state index < -0.39 is 11.2 Å². The molecule has 1 aromatic heterocycles. The first-order chi connectivity index (χ1) is 17.7. The molecule has 2 aromatic rings. The molecule has 2 heterocycles. The van der Waals surface area contributed by atoms with E-state index in [1.165, 1.54) is 5.56 Å². The number of hydrogen-bond acceptors (Lipinski definition) is 7. The van der Waals surface area contributed by atoms with Crippen LogP contribution in [-0.2, 0) is 23.2 Å². The maximum atomic E-state index is 10.3. The van der Waals surface area contributed by atoms with Crippen LogP contribution < -0.4 is 14.2 Å². The van der Waals surface area contributed by atoms with E-state index in [1.807, 2.05) is 33.0 Å². The molecule has 1 atom stereocenters. The first-order valence-electron chi connectivity index (χ1n) is 13.3. The summed E-state index contributed by atoms with van der Waals surface area (Å²) in [6.07, 6.45) is 7.51. The molecule has 0 fully saturated rings. The summed E-state index contributed by atoms with van der Waals surface area (Å²) < 4.78 is 22.8. The normalized spacial score (nSPS) is 15.9. The summed E-state index contributed by atoms with van der Waals surface area (Å²) in [5.74, 6) is 1.61. The zero-order valence-electron chi connectivity index (χ0n) is 23.6. The van der Waals surface area contributed by atoms with Crippen molar-refractivity contribution in [3.05, 3.63) is 46.8 Å². The molecule has 1 aromatic carbocycles. The lowest BCUT2D eigenvalue weighted by molar-refractivity contribution is -0.181. The molecule has 1 unspecified atom stereocenters. The second-order valence-electron chi connectivity index (χ2n) is 10.5. The molecule has 37 heavy (non-hydrogen) atoms. The van der Waals surface area contributed by atoms with E-state index in [2.05, 4.69) is 42.1 Å². The van der Waals surface area contributed by atoms with Gasteiger partial charge in [-0.15, -0.1) is 0 Å². The predicted octanol–water partition coefficient (Wildman–Crippen LogP) is 5.96. The highest BCUT2D eigenvalue weighted by Gasteiger charge is 2.38. The van der Waals surface area contributed by atoms with E-state index in [0.29, 0.717) is 6.61 Å². The fraction of sp³-hybridized carbons (Fsp3) is 0.600. The lowest BCUT2D eigenvalue weighted by Gasteiger charge is -2.37. The smallest absolute Gasteiger partial charge is 0.205 e. The summed E-state index contributed by atoms with van der Waals surface area (Å²) in [7, 11) is 5.49. The third-order valence-electron chi connectivity index (χ3n) is 7.43. The Labute approximate surface area is 222 Å². The number of unbranched alkanes of at least 4 members (excludes halogenated alkanes) is 2. The molecule has 0 bridgehead atoms. The largest absolute Gasteiger partial charge is 0.493 e. The minimum atomic E-state index is -0.689. The zero-order chi connectivity index (χ0) is 27.1. The van der Waals surface area contributed by atoms with Gasteiger partial charge >= 0.3 is 0 Å². The number of rotatable bonds is 13. The van der Waals surface area contributed by atoms with E-state index in [1.54, 1.807) is 14.2 Å². The quantitative estimate of drug-likeness (QED) is 0.308.